The van der Waals surface area contributed by atoms with Gasteiger partial charge in [-0.05, 0) is 62.4 Å². The maximum absolute atomic E-state index is 12.8. The first-order valence-corrected chi connectivity index (χ1v) is 11.2. The van der Waals surface area contributed by atoms with Crippen molar-refractivity contribution >= 4 is 40.7 Å². The van der Waals surface area contributed by atoms with Crippen LogP contribution < -0.4 is 10.2 Å². The van der Waals surface area contributed by atoms with Crippen LogP contribution in [0.2, 0.25) is 0 Å². The molecule has 1 N–H and O–H groups in total. The van der Waals surface area contributed by atoms with Crippen molar-refractivity contribution in [3.05, 3.63) is 84.4 Å². The number of para-hydroxylation sites is 2. The van der Waals surface area contributed by atoms with Gasteiger partial charge in [-0.25, -0.2) is 4.79 Å². The van der Waals surface area contributed by atoms with Crippen molar-refractivity contribution in [2.45, 2.75) is 30.5 Å². The number of amides is 1. The van der Waals surface area contributed by atoms with E-state index in [1.807, 2.05) is 44.2 Å². The van der Waals surface area contributed by atoms with Gasteiger partial charge in [-0.1, -0.05) is 42.1 Å². The molecule has 0 atom stereocenters. The Hall–Kier alpha value is -3.39. The number of alkyl halides is 2. The Morgan fingerprint density at radius 1 is 0.939 bits per heavy atom. The molecular weight excluding hydrogens is 446 g/mol. The predicted molar refractivity (Wildman–Crippen MR) is 127 cm³/mol. The molecule has 0 unspecified atom stereocenters. The molecular formula is C25H24F2N2O3S. The lowest BCUT2D eigenvalue weighted by atomic mass is 10.1. The van der Waals surface area contributed by atoms with Crippen LogP contribution in [0.3, 0.4) is 0 Å². The van der Waals surface area contributed by atoms with E-state index in [-0.39, 0.29) is 17.5 Å². The van der Waals surface area contributed by atoms with E-state index in [1.165, 1.54) is 0 Å². The number of hydrogen-bond acceptors (Lipinski definition) is 5. The summed E-state index contributed by atoms with van der Waals surface area (Å²) >= 11 is 0.462. The van der Waals surface area contributed by atoms with Crippen molar-refractivity contribution in [1.82, 2.24) is 0 Å². The zero-order valence-electron chi connectivity index (χ0n) is 18.2. The minimum atomic E-state index is -2.49. The third kappa shape index (κ3) is 6.79. The lowest BCUT2D eigenvalue weighted by Gasteiger charge is -2.26. The summed E-state index contributed by atoms with van der Waals surface area (Å²) in [7, 11) is 0. The van der Waals surface area contributed by atoms with Crippen LogP contribution in [0.4, 0.5) is 25.8 Å². The van der Waals surface area contributed by atoms with Crippen molar-refractivity contribution in [2.24, 2.45) is 0 Å². The van der Waals surface area contributed by atoms with Gasteiger partial charge in [-0.3, -0.25) is 4.79 Å². The van der Waals surface area contributed by atoms with Crippen LogP contribution in [0, 0.1) is 0 Å². The summed E-state index contributed by atoms with van der Waals surface area (Å²) < 4.78 is 30.3. The molecule has 0 aliphatic rings. The second-order valence-corrected chi connectivity index (χ2v) is 8.41. The number of rotatable bonds is 9. The second kappa shape index (κ2) is 11.5. The number of thioether (sulfide) groups is 1. The molecule has 33 heavy (non-hydrogen) atoms. The van der Waals surface area contributed by atoms with Gasteiger partial charge in [0, 0.05) is 22.3 Å². The number of hydrogen-bond donors (Lipinski definition) is 1. The standard InChI is InChI=1S/C25H24F2N2O3S/c1-17(2)29(19-8-4-3-5-9-19)23(30)16-32-24(31)21-10-6-7-11-22(21)28-18-12-14-20(15-13-18)33-25(26)27/h3-15,17,25,28H,16H2,1-2H3. The highest BCUT2D eigenvalue weighted by Gasteiger charge is 2.21. The zero-order chi connectivity index (χ0) is 23.8. The quantitative estimate of drug-likeness (QED) is 0.292. The van der Waals surface area contributed by atoms with E-state index in [1.54, 1.807) is 53.4 Å². The maximum Gasteiger partial charge on any atom is 0.340 e. The Morgan fingerprint density at radius 2 is 1.58 bits per heavy atom. The minimum absolute atomic E-state index is 0.112. The first-order chi connectivity index (χ1) is 15.8. The monoisotopic (exact) mass is 470 g/mol. The molecule has 0 aliphatic carbocycles. The van der Waals surface area contributed by atoms with E-state index in [0.717, 1.165) is 5.69 Å². The molecule has 0 heterocycles. The number of anilines is 3. The first kappa shape index (κ1) is 24.3. The molecule has 0 fully saturated rings. The number of carbonyl (C=O) groups excluding carboxylic acids is 2. The van der Waals surface area contributed by atoms with Crippen LogP contribution in [0.5, 0.6) is 0 Å². The SMILES string of the molecule is CC(C)N(C(=O)COC(=O)c1ccccc1Nc1ccc(SC(F)F)cc1)c1ccccc1. The molecule has 1 amide bonds. The van der Waals surface area contributed by atoms with Gasteiger partial charge in [0.25, 0.3) is 11.7 Å². The van der Waals surface area contributed by atoms with E-state index in [2.05, 4.69) is 5.32 Å². The Kier molecular flexibility index (Phi) is 8.43. The lowest BCUT2D eigenvalue weighted by Crippen LogP contribution is -2.39. The van der Waals surface area contributed by atoms with Gasteiger partial charge in [0.2, 0.25) is 0 Å². The number of esters is 1. The van der Waals surface area contributed by atoms with Crippen LogP contribution in [0.25, 0.3) is 0 Å². The fourth-order valence-electron chi connectivity index (χ4n) is 3.24. The van der Waals surface area contributed by atoms with E-state index in [0.29, 0.717) is 28.0 Å². The van der Waals surface area contributed by atoms with E-state index in [4.69, 9.17) is 4.74 Å². The molecule has 0 bridgehead atoms. The van der Waals surface area contributed by atoms with Gasteiger partial charge in [0.05, 0.1) is 11.3 Å². The summed E-state index contributed by atoms with van der Waals surface area (Å²) in [5.41, 5.74) is 2.09. The van der Waals surface area contributed by atoms with Crippen molar-refractivity contribution in [3.8, 4) is 0 Å². The molecule has 5 nitrogen and oxygen atoms in total. The first-order valence-electron chi connectivity index (χ1n) is 10.3. The highest BCUT2D eigenvalue weighted by Crippen LogP contribution is 2.28. The molecule has 8 heteroatoms. The third-order valence-corrected chi connectivity index (χ3v) is 5.37. The Morgan fingerprint density at radius 3 is 2.21 bits per heavy atom. The average molecular weight is 471 g/mol. The fourth-order valence-corrected chi connectivity index (χ4v) is 3.74. The van der Waals surface area contributed by atoms with Gasteiger partial charge in [0.1, 0.15) is 0 Å². The largest absolute Gasteiger partial charge is 0.452 e. The third-order valence-electron chi connectivity index (χ3n) is 4.65. The molecule has 3 aromatic carbocycles. The minimum Gasteiger partial charge on any atom is -0.452 e. The molecule has 0 radical (unpaired) electrons. The van der Waals surface area contributed by atoms with E-state index in [9.17, 15) is 18.4 Å². The average Bonchev–Trinajstić information content (AvgIpc) is 2.79. The van der Waals surface area contributed by atoms with Gasteiger partial charge >= 0.3 is 5.97 Å². The number of benzene rings is 3. The van der Waals surface area contributed by atoms with Crippen molar-refractivity contribution < 1.29 is 23.1 Å². The summed E-state index contributed by atoms with van der Waals surface area (Å²) in [5.74, 6) is -3.47. The molecule has 172 valence electrons. The van der Waals surface area contributed by atoms with Gasteiger partial charge in [-0.15, -0.1) is 0 Å². The maximum atomic E-state index is 12.8. The smallest absolute Gasteiger partial charge is 0.340 e. The van der Waals surface area contributed by atoms with Gasteiger partial charge in [-0.2, -0.15) is 8.78 Å². The van der Waals surface area contributed by atoms with Crippen LogP contribution >= 0.6 is 11.8 Å². The molecule has 0 saturated carbocycles. The lowest BCUT2D eigenvalue weighted by molar-refractivity contribution is -0.122. The molecule has 3 rings (SSSR count). The van der Waals surface area contributed by atoms with Crippen molar-refractivity contribution in [1.29, 1.82) is 0 Å². The Labute approximate surface area is 195 Å². The van der Waals surface area contributed by atoms with Crippen LogP contribution in [0.15, 0.2) is 83.8 Å². The van der Waals surface area contributed by atoms with Crippen LogP contribution in [0.1, 0.15) is 24.2 Å². The number of ether oxygens (including phenoxy) is 1. The molecule has 0 saturated heterocycles. The summed E-state index contributed by atoms with van der Waals surface area (Å²) in [5, 5.41) is 3.10. The van der Waals surface area contributed by atoms with E-state index >= 15 is 0 Å². The fraction of sp³-hybridized carbons (Fsp3) is 0.200. The topological polar surface area (TPSA) is 58.6 Å². The molecule has 0 aromatic heterocycles. The summed E-state index contributed by atoms with van der Waals surface area (Å²) in [6.07, 6.45) is 0. The Balaban J connectivity index is 1.68. The highest BCUT2D eigenvalue weighted by atomic mass is 32.2. The summed E-state index contributed by atoms with van der Waals surface area (Å²) in [6.45, 7) is 3.37. The Bertz CT molecular complexity index is 1080. The molecule has 3 aromatic rings. The number of nitrogens with zero attached hydrogens (tertiary/aromatic N) is 1. The van der Waals surface area contributed by atoms with E-state index < -0.39 is 18.3 Å². The van der Waals surface area contributed by atoms with Crippen LogP contribution in [-0.4, -0.2) is 30.3 Å². The van der Waals surface area contributed by atoms with Crippen LogP contribution in [-0.2, 0) is 9.53 Å². The predicted octanol–water partition coefficient (Wildman–Crippen LogP) is 6.34. The number of carbonyl (C=O) groups is 2. The van der Waals surface area contributed by atoms with Crippen molar-refractivity contribution in [2.75, 3.05) is 16.8 Å². The second-order valence-electron chi connectivity index (χ2n) is 7.34. The van der Waals surface area contributed by atoms with Crippen molar-refractivity contribution in [3.63, 3.8) is 0 Å². The molecule has 0 aliphatic heterocycles. The highest BCUT2D eigenvalue weighted by molar-refractivity contribution is 7.99. The normalized spacial score (nSPS) is 10.8. The zero-order valence-corrected chi connectivity index (χ0v) is 19.0. The summed E-state index contributed by atoms with van der Waals surface area (Å²) in [4.78, 5) is 27.5. The molecule has 0 spiro atoms. The number of nitrogens with one attached hydrogen (secondary N) is 1. The van der Waals surface area contributed by atoms with Gasteiger partial charge < -0.3 is 15.0 Å². The number of halogens is 2. The summed E-state index contributed by atoms with van der Waals surface area (Å²) in [6, 6.07) is 22.2. The van der Waals surface area contributed by atoms with Gasteiger partial charge in [0.15, 0.2) is 6.61 Å².